The van der Waals surface area contributed by atoms with E-state index in [2.05, 4.69) is 4.72 Å². The summed E-state index contributed by atoms with van der Waals surface area (Å²) in [5.74, 6) is 0. The van der Waals surface area contributed by atoms with Crippen molar-refractivity contribution >= 4 is 33.2 Å². The van der Waals surface area contributed by atoms with E-state index in [1.54, 1.807) is 0 Å². The molecular weight excluding hydrogens is 337 g/mol. The minimum Gasteiger partial charge on any atom is -0.392 e. The zero-order valence-electron chi connectivity index (χ0n) is 11.5. The Bertz CT molecular complexity index is 627. The molecule has 1 aromatic carbocycles. The molecule has 1 saturated heterocycles. The molecule has 0 bridgehead atoms. The first kappa shape index (κ1) is 17.0. The Morgan fingerprint density at radius 1 is 1.33 bits per heavy atom. The molecule has 0 amide bonds. The maximum absolute atomic E-state index is 12.6. The molecule has 5 nitrogen and oxygen atoms in total. The second-order valence-electron chi connectivity index (χ2n) is 5.31. The topological polar surface area (TPSA) is 75.6 Å². The number of benzene rings is 1. The van der Waals surface area contributed by atoms with Crippen molar-refractivity contribution in [3.05, 3.63) is 27.7 Å². The number of sulfonamides is 1. The maximum Gasteiger partial charge on any atom is 0.242 e. The van der Waals surface area contributed by atoms with Crippen LogP contribution in [0.2, 0.25) is 10.0 Å². The van der Waals surface area contributed by atoms with Crippen molar-refractivity contribution in [1.82, 2.24) is 4.72 Å². The molecule has 1 aliphatic heterocycles. The number of halogens is 2. The third kappa shape index (κ3) is 3.88. The molecule has 8 heteroatoms. The summed E-state index contributed by atoms with van der Waals surface area (Å²) in [5, 5.41) is 9.43. The zero-order valence-corrected chi connectivity index (χ0v) is 13.9. The largest absolute Gasteiger partial charge is 0.392 e. The van der Waals surface area contributed by atoms with Gasteiger partial charge in [0.1, 0.15) is 4.90 Å². The number of ether oxygens (including phenoxy) is 1. The van der Waals surface area contributed by atoms with Crippen molar-refractivity contribution in [2.24, 2.45) is 0 Å². The molecule has 1 fully saturated rings. The quantitative estimate of drug-likeness (QED) is 0.870. The highest BCUT2D eigenvalue weighted by atomic mass is 35.5. The molecule has 1 aromatic rings. The predicted octanol–water partition coefficient (Wildman–Crippen LogP) is 2.33. The molecule has 0 unspecified atom stereocenters. The van der Waals surface area contributed by atoms with Crippen molar-refractivity contribution in [2.45, 2.75) is 36.8 Å². The van der Waals surface area contributed by atoms with Crippen LogP contribution in [-0.4, -0.2) is 32.3 Å². The molecule has 0 spiro atoms. The molecule has 0 saturated carbocycles. The Balaban J connectivity index is 2.38. The monoisotopic (exact) mass is 353 g/mol. The lowest BCUT2D eigenvalue weighted by Crippen LogP contribution is -2.49. The third-order valence-corrected chi connectivity index (χ3v) is 5.96. The molecular formula is C13H17Cl2NO4S. The van der Waals surface area contributed by atoms with Crippen LogP contribution in [0.25, 0.3) is 0 Å². The summed E-state index contributed by atoms with van der Waals surface area (Å²) in [5.41, 5.74) is -0.302. The number of hydrogen-bond donors (Lipinski definition) is 2. The molecule has 1 aliphatic rings. The van der Waals surface area contributed by atoms with Gasteiger partial charge in [-0.3, -0.25) is 0 Å². The normalized spacial score (nSPS) is 18.7. The lowest BCUT2D eigenvalue weighted by atomic mass is 9.94. The van der Waals surface area contributed by atoms with E-state index < -0.39 is 15.6 Å². The highest BCUT2D eigenvalue weighted by molar-refractivity contribution is 7.89. The third-order valence-electron chi connectivity index (χ3n) is 3.52. The smallest absolute Gasteiger partial charge is 0.242 e. The Morgan fingerprint density at radius 2 is 1.95 bits per heavy atom. The van der Waals surface area contributed by atoms with Crippen LogP contribution >= 0.6 is 23.2 Å². The second kappa shape index (κ2) is 6.40. The SMILES string of the molecule is CC1(NS(=O)(=O)c2cc(Cl)cc(CO)c2Cl)CCOCC1. The average Bonchev–Trinajstić information content (AvgIpc) is 2.40. The Kier molecular flexibility index (Phi) is 5.18. The van der Waals surface area contributed by atoms with Crippen LogP contribution in [0.4, 0.5) is 0 Å². The molecule has 118 valence electrons. The minimum absolute atomic E-state index is 0.00920. The van der Waals surface area contributed by atoms with Gasteiger partial charge >= 0.3 is 0 Å². The fourth-order valence-electron chi connectivity index (χ4n) is 2.23. The highest BCUT2D eigenvalue weighted by Gasteiger charge is 2.34. The van der Waals surface area contributed by atoms with Crippen molar-refractivity contribution < 1.29 is 18.3 Å². The lowest BCUT2D eigenvalue weighted by molar-refractivity contribution is 0.0537. The van der Waals surface area contributed by atoms with Gasteiger partial charge in [-0.1, -0.05) is 23.2 Å². The number of aliphatic hydroxyl groups excluding tert-OH is 1. The molecule has 0 aromatic heterocycles. The Morgan fingerprint density at radius 3 is 2.52 bits per heavy atom. The van der Waals surface area contributed by atoms with E-state index >= 15 is 0 Å². The van der Waals surface area contributed by atoms with Gasteiger partial charge in [-0.2, -0.15) is 0 Å². The van der Waals surface area contributed by atoms with Crippen molar-refractivity contribution in [1.29, 1.82) is 0 Å². The fraction of sp³-hybridized carbons (Fsp3) is 0.538. The van der Waals surface area contributed by atoms with Crippen molar-refractivity contribution in [2.75, 3.05) is 13.2 Å². The summed E-state index contributed by atoms with van der Waals surface area (Å²) in [6.45, 7) is 2.46. The first-order valence-electron chi connectivity index (χ1n) is 6.48. The van der Waals surface area contributed by atoms with E-state index in [1.807, 2.05) is 6.92 Å². The van der Waals surface area contributed by atoms with Gasteiger partial charge in [-0.15, -0.1) is 0 Å². The molecule has 2 N–H and O–H groups in total. The van der Waals surface area contributed by atoms with Gasteiger partial charge in [0.25, 0.3) is 0 Å². The van der Waals surface area contributed by atoms with E-state index in [1.165, 1.54) is 12.1 Å². The summed E-state index contributed by atoms with van der Waals surface area (Å²) >= 11 is 12.0. The predicted molar refractivity (Wildman–Crippen MR) is 81.2 cm³/mol. The van der Waals surface area contributed by atoms with Crippen LogP contribution in [-0.2, 0) is 21.4 Å². The number of nitrogens with one attached hydrogen (secondary N) is 1. The van der Waals surface area contributed by atoms with Crippen LogP contribution in [0.15, 0.2) is 17.0 Å². The second-order valence-corrected chi connectivity index (χ2v) is 7.78. The van der Waals surface area contributed by atoms with Crippen LogP contribution in [0.5, 0.6) is 0 Å². The lowest BCUT2D eigenvalue weighted by Gasteiger charge is -2.34. The van der Waals surface area contributed by atoms with E-state index in [9.17, 15) is 13.5 Å². The maximum atomic E-state index is 12.6. The fourth-order valence-corrected chi connectivity index (χ4v) is 4.62. The summed E-state index contributed by atoms with van der Waals surface area (Å²) in [6, 6.07) is 2.73. The highest BCUT2D eigenvalue weighted by Crippen LogP contribution is 2.31. The van der Waals surface area contributed by atoms with Gasteiger partial charge in [-0.25, -0.2) is 13.1 Å². The van der Waals surface area contributed by atoms with E-state index in [-0.39, 0.29) is 27.1 Å². The number of hydrogen-bond acceptors (Lipinski definition) is 4. The van der Waals surface area contributed by atoms with Gasteiger partial charge < -0.3 is 9.84 Å². The van der Waals surface area contributed by atoms with Crippen LogP contribution in [0.1, 0.15) is 25.3 Å². The Labute approximate surface area is 134 Å². The van der Waals surface area contributed by atoms with Gasteiger partial charge in [-0.05, 0) is 37.5 Å². The van der Waals surface area contributed by atoms with Crippen molar-refractivity contribution in [3.63, 3.8) is 0 Å². The van der Waals surface area contributed by atoms with Gasteiger partial charge in [0.15, 0.2) is 0 Å². The summed E-state index contributed by atoms with van der Waals surface area (Å²) in [6.07, 6.45) is 1.16. The van der Waals surface area contributed by atoms with Crippen molar-refractivity contribution in [3.8, 4) is 0 Å². The molecule has 0 atom stereocenters. The van der Waals surface area contributed by atoms with Crippen LogP contribution < -0.4 is 4.72 Å². The first-order chi connectivity index (χ1) is 9.77. The summed E-state index contributed by atoms with van der Waals surface area (Å²) in [4.78, 5) is -0.117. The van der Waals surface area contributed by atoms with Crippen LogP contribution in [0, 0.1) is 0 Å². The summed E-state index contributed by atoms with van der Waals surface area (Å²) in [7, 11) is -3.84. The summed E-state index contributed by atoms with van der Waals surface area (Å²) < 4.78 is 33.1. The molecule has 21 heavy (non-hydrogen) atoms. The molecule has 0 aliphatic carbocycles. The van der Waals surface area contributed by atoms with Gasteiger partial charge in [0, 0.05) is 23.8 Å². The van der Waals surface area contributed by atoms with Gasteiger partial charge in [0.2, 0.25) is 10.0 Å². The standard InChI is InChI=1S/C13H17Cl2NO4S/c1-13(2-4-20-5-3-13)16-21(18,19)11-7-10(14)6-9(8-17)12(11)15/h6-7,16-17H,2-5,8H2,1H3. The first-order valence-corrected chi connectivity index (χ1v) is 8.72. The van der Waals surface area contributed by atoms with E-state index in [0.29, 0.717) is 26.1 Å². The van der Waals surface area contributed by atoms with E-state index in [0.717, 1.165) is 0 Å². The number of aliphatic hydroxyl groups is 1. The molecule has 2 rings (SSSR count). The minimum atomic E-state index is -3.84. The van der Waals surface area contributed by atoms with Crippen LogP contribution in [0.3, 0.4) is 0 Å². The Hall–Kier alpha value is -0.370. The number of rotatable bonds is 4. The average molecular weight is 354 g/mol. The van der Waals surface area contributed by atoms with E-state index in [4.69, 9.17) is 27.9 Å². The zero-order chi connectivity index (χ0) is 15.7. The molecule has 0 radical (unpaired) electrons. The molecule has 1 heterocycles. The van der Waals surface area contributed by atoms with Gasteiger partial charge in [0.05, 0.1) is 11.6 Å².